The molecule has 1 aliphatic heterocycles. The Hall–Kier alpha value is -1.35. The van der Waals surface area contributed by atoms with E-state index >= 15 is 0 Å². The van der Waals surface area contributed by atoms with Gasteiger partial charge in [-0.1, -0.05) is 11.6 Å². The Bertz CT molecular complexity index is 647. The van der Waals surface area contributed by atoms with E-state index in [9.17, 15) is 13.2 Å². The van der Waals surface area contributed by atoms with Crippen LogP contribution in [0.5, 0.6) is 5.75 Å². The van der Waals surface area contributed by atoms with Gasteiger partial charge in [-0.2, -0.15) is 4.31 Å². The van der Waals surface area contributed by atoms with Gasteiger partial charge in [-0.3, -0.25) is 0 Å². The maximum absolute atomic E-state index is 12.5. The summed E-state index contributed by atoms with van der Waals surface area (Å²) in [6, 6.07) is 4.08. The second-order valence-electron chi connectivity index (χ2n) is 4.36. The van der Waals surface area contributed by atoms with Crippen LogP contribution in [0.1, 0.15) is 0 Å². The Labute approximate surface area is 127 Å². The van der Waals surface area contributed by atoms with Gasteiger partial charge in [0.2, 0.25) is 10.0 Å². The quantitative estimate of drug-likeness (QED) is 0.875. The van der Waals surface area contributed by atoms with E-state index in [4.69, 9.17) is 26.2 Å². The summed E-state index contributed by atoms with van der Waals surface area (Å²) in [5.74, 6) is -0.954. The molecule has 1 aliphatic rings. The molecule has 7 nitrogen and oxygen atoms in total. The fourth-order valence-corrected chi connectivity index (χ4v) is 3.58. The number of hydrogen-bond acceptors (Lipinski definition) is 5. The van der Waals surface area contributed by atoms with Gasteiger partial charge in [0, 0.05) is 12.6 Å². The highest BCUT2D eigenvalue weighted by molar-refractivity contribution is 7.89. The van der Waals surface area contributed by atoms with E-state index in [1.165, 1.54) is 25.3 Å². The van der Waals surface area contributed by atoms with E-state index in [0.29, 0.717) is 5.02 Å². The Morgan fingerprint density at radius 1 is 1.52 bits per heavy atom. The molecule has 0 aromatic heterocycles. The molecule has 0 saturated carbocycles. The highest BCUT2D eigenvalue weighted by Crippen LogP contribution is 2.29. The monoisotopic (exact) mass is 335 g/mol. The molecule has 0 bridgehead atoms. The number of ether oxygens (including phenoxy) is 2. The lowest BCUT2D eigenvalue weighted by molar-refractivity contribution is -0.153. The number of sulfonamides is 1. The minimum absolute atomic E-state index is 0.00483. The molecular weight excluding hydrogens is 322 g/mol. The van der Waals surface area contributed by atoms with Crippen molar-refractivity contribution >= 4 is 27.6 Å². The zero-order valence-electron chi connectivity index (χ0n) is 11.2. The van der Waals surface area contributed by atoms with E-state index in [2.05, 4.69) is 0 Å². The minimum Gasteiger partial charge on any atom is -0.495 e. The van der Waals surface area contributed by atoms with Crippen molar-refractivity contribution in [3.8, 4) is 5.75 Å². The normalized spacial score (nSPS) is 20.2. The molecule has 1 fully saturated rings. The van der Waals surface area contributed by atoms with Crippen LogP contribution in [0.15, 0.2) is 23.1 Å². The first-order valence-electron chi connectivity index (χ1n) is 6.04. The highest BCUT2D eigenvalue weighted by atomic mass is 35.5. The summed E-state index contributed by atoms with van der Waals surface area (Å²) in [6.07, 6.45) is -1.16. The number of morpholine rings is 1. The zero-order valence-corrected chi connectivity index (χ0v) is 12.7. The van der Waals surface area contributed by atoms with Crippen LogP contribution in [0.3, 0.4) is 0 Å². The molecule has 0 spiro atoms. The van der Waals surface area contributed by atoms with Crippen molar-refractivity contribution in [2.24, 2.45) is 0 Å². The number of benzene rings is 1. The average Bonchev–Trinajstić information content (AvgIpc) is 2.47. The van der Waals surface area contributed by atoms with Gasteiger partial charge in [-0.25, -0.2) is 13.2 Å². The van der Waals surface area contributed by atoms with Crippen LogP contribution in [0, 0.1) is 0 Å². The molecule has 0 radical (unpaired) electrons. The predicted octanol–water partition coefficient (Wildman–Crippen LogP) is 0.823. The molecule has 1 heterocycles. The maximum Gasteiger partial charge on any atom is 0.334 e. The summed E-state index contributed by atoms with van der Waals surface area (Å²) in [5.41, 5.74) is 0. The molecule has 1 aromatic rings. The van der Waals surface area contributed by atoms with Gasteiger partial charge in [0.15, 0.2) is 6.10 Å². The molecule has 1 N–H and O–H groups in total. The first kappa shape index (κ1) is 16.0. The van der Waals surface area contributed by atoms with E-state index in [-0.39, 0.29) is 30.3 Å². The van der Waals surface area contributed by atoms with Gasteiger partial charge in [-0.15, -0.1) is 0 Å². The van der Waals surface area contributed by atoms with Crippen molar-refractivity contribution in [2.45, 2.75) is 11.0 Å². The number of halogens is 1. The number of carbonyl (C=O) groups is 1. The lowest BCUT2D eigenvalue weighted by Crippen LogP contribution is -2.48. The van der Waals surface area contributed by atoms with Crippen LogP contribution in [0.2, 0.25) is 5.02 Å². The molecular formula is C12H14ClNO6S. The van der Waals surface area contributed by atoms with Gasteiger partial charge >= 0.3 is 5.97 Å². The molecule has 0 amide bonds. The lowest BCUT2D eigenvalue weighted by atomic mass is 10.3. The standard InChI is InChI=1S/C12H14ClNO6S/c1-19-10-6-8(2-3-9(10)13)21(17,18)14-4-5-20-11(7-14)12(15)16/h2-3,6,11H,4-5,7H2,1H3,(H,15,16). The molecule has 2 rings (SSSR count). The number of nitrogens with zero attached hydrogens (tertiary/aromatic N) is 1. The van der Waals surface area contributed by atoms with Gasteiger partial charge in [0.1, 0.15) is 5.75 Å². The first-order valence-corrected chi connectivity index (χ1v) is 7.86. The number of hydrogen-bond donors (Lipinski definition) is 1. The summed E-state index contributed by atoms with van der Waals surface area (Å²) < 4.78 is 36.1. The summed E-state index contributed by atoms with van der Waals surface area (Å²) >= 11 is 5.87. The highest BCUT2D eigenvalue weighted by Gasteiger charge is 2.34. The number of methoxy groups -OCH3 is 1. The second-order valence-corrected chi connectivity index (χ2v) is 6.70. The van der Waals surface area contributed by atoms with Crippen LogP contribution < -0.4 is 4.74 Å². The Morgan fingerprint density at radius 2 is 2.24 bits per heavy atom. The van der Waals surface area contributed by atoms with E-state index in [0.717, 1.165) is 4.31 Å². The topological polar surface area (TPSA) is 93.1 Å². The molecule has 1 aromatic carbocycles. The molecule has 1 atom stereocenters. The van der Waals surface area contributed by atoms with Crippen LogP contribution in [-0.2, 0) is 19.6 Å². The Balaban J connectivity index is 2.31. The molecule has 21 heavy (non-hydrogen) atoms. The van der Waals surface area contributed by atoms with E-state index in [1.807, 2.05) is 0 Å². The summed E-state index contributed by atoms with van der Waals surface area (Å²) in [7, 11) is -2.44. The van der Waals surface area contributed by atoms with Gasteiger partial charge in [0.25, 0.3) is 0 Å². The zero-order chi connectivity index (χ0) is 15.6. The number of carboxylic acids is 1. The SMILES string of the molecule is COc1cc(S(=O)(=O)N2CCOC(C(=O)O)C2)ccc1Cl. The van der Waals surface area contributed by atoms with Crippen molar-refractivity contribution in [3.63, 3.8) is 0 Å². The number of rotatable bonds is 4. The molecule has 0 aliphatic carbocycles. The van der Waals surface area contributed by atoms with Gasteiger partial charge < -0.3 is 14.6 Å². The van der Waals surface area contributed by atoms with Crippen molar-refractivity contribution in [1.82, 2.24) is 4.31 Å². The smallest absolute Gasteiger partial charge is 0.334 e. The number of aliphatic carboxylic acids is 1. The summed E-state index contributed by atoms with van der Waals surface area (Å²) in [4.78, 5) is 10.9. The molecule has 1 unspecified atom stereocenters. The second kappa shape index (κ2) is 6.18. The fourth-order valence-electron chi connectivity index (χ4n) is 1.94. The third kappa shape index (κ3) is 3.29. The number of carboxylic acid groups (broad SMARTS) is 1. The van der Waals surface area contributed by atoms with Gasteiger partial charge in [-0.05, 0) is 12.1 Å². The Morgan fingerprint density at radius 3 is 2.86 bits per heavy atom. The summed E-state index contributed by atoms with van der Waals surface area (Å²) in [6.45, 7) is -0.111. The van der Waals surface area contributed by atoms with Crippen LogP contribution in [0.4, 0.5) is 0 Å². The first-order chi connectivity index (χ1) is 9.86. The van der Waals surface area contributed by atoms with Gasteiger partial charge in [0.05, 0.1) is 30.2 Å². The summed E-state index contributed by atoms with van der Waals surface area (Å²) in [5, 5.41) is 9.22. The predicted molar refractivity (Wildman–Crippen MR) is 74.1 cm³/mol. The minimum atomic E-state index is -3.83. The molecule has 1 saturated heterocycles. The van der Waals surface area contributed by atoms with Crippen molar-refractivity contribution in [3.05, 3.63) is 23.2 Å². The van der Waals surface area contributed by atoms with Crippen molar-refractivity contribution in [1.29, 1.82) is 0 Å². The largest absolute Gasteiger partial charge is 0.495 e. The Kier molecular flexibility index (Phi) is 4.72. The third-order valence-corrected chi connectivity index (χ3v) is 5.24. The molecule has 9 heteroatoms. The lowest BCUT2D eigenvalue weighted by Gasteiger charge is -2.30. The van der Waals surface area contributed by atoms with Crippen molar-refractivity contribution in [2.75, 3.05) is 26.8 Å². The molecule has 116 valence electrons. The average molecular weight is 336 g/mol. The van der Waals surface area contributed by atoms with Crippen molar-refractivity contribution < 1.29 is 27.8 Å². The van der Waals surface area contributed by atoms with E-state index in [1.54, 1.807) is 0 Å². The fraction of sp³-hybridized carbons (Fsp3) is 0.417. The van der Waals surface area contributed by atoms with Crippen LogP contribution >= 0.6 is 11.6 Å². The van der Waals surface area contributed by atoms with Crippen LogP contribution in [-0.4, -0.2) is 56.7 Å². The maximum atomic E-state index is 12.5. The third-order valence-electron chi connectivity index (χ3n) is 3.06. The van der Waals surface area contributed by atoms with E-state index < -0.39 is 22.1 Å². The van der Waals surface area contributed by atoms with Crippen LogP contribution in [0.25, 0.3) is 0 Å².